The van der Waals surface area contributed by atoms with Crippen molar-refractivity contribution in [1.82, 2.24) is 10.2 Å². The number of carbonyl (C=O) groups excluding carboxylic acids is 1. The predicted octanol–water partition coefficient (Wildman–Crippen LogP) is 0.0616. The highest BCUT2D eigenvalue weighted by molar-refractivity contribution is 5.76. The molecule has 15 heavy (non-hydrogen) atoms. The second-order valence-electron chi connectivity index (χ2n) is 4.04. The molecule has 0 aromatic carbocycles. The first kappa shape index (κ1) is 12.0. The van der Waals surface area contributed by atoms with Crippen molar-refractivity contribution in [3.8, 4) is 0 Å². The van der Waals surface area contributed by atoms with Crippen LogP contribution in [-0.4, -0.2) is 48.1 Å². The molecule has 1 rings (SSSR count). The molecule has 5 heteroatoms. The Morgan fingerprint density at radius 3 is 2.47 bits per heavy atom. The Hall–Kier alpha value is -1.10. The van der Waals surface area contributed by atoms with Crippen LogP contribution in [0.3, 0.4) is 0 Å². The fraction of sp³-hybridized carbons (Fsp3) is 0.800. The van der Waals surface area contributed by atoms with E-state index in [-0.39, 0.29) is 12.3 Å². The molecule has 0 bridgehead atoms. The molecule has 1 fully saturated rings. The minimum absolute atomic E-state index is 0.0691. The summed E-state index contributed by atoms with van der Waals surface area (Å²) in [7, 11) is 1.83. The summed E-state index contributed by atoms with van der Waals surface area (Å²) in [5.74, 6) is -0.732. The number of aliphatic carboxylic acids is 1. The Labute approximate surface area is 89.4 Å². The Bertz CT molecular complexity index is 239. The van der Waals surface area contributed by atoms with E-state index >= 15 is 0 Å². The highest BCUT2D eigenvalue weighted by atomic mass is 16.4. The van der Waals surface area contributed by atoms with Crippen LogP contribution in [-0.2, 0) is 9.59 Å². The maximum absolute atomic E-state index is 11.3. The summed E-state index contributed by atoms with van der Waals surface area (Å²) in [6.07, 6.45) is 2.77. The molecule has 1 saturated carbocycles. The first-order valence-corrected chi connectivity index (χ1v) is 5.27. The van der Waals surface area contributed by atoms with Crippen molar-refractivity contribution in [2.45, 2.75) is 31.7 Å². The highest BCUT2D eigenvalue weighted by Crippen LogP contribution is 2.18. The Morgan fingerprint density at radius 1 is 1.33 bits per heavy atom. The summed E-state index contributed by atoms with van der Waals surface area (Å²) in [5.41, 5.74) is 0. The molecule has 2 N–H and O–H groups in total. The van der Waals surface area contributed by atoms with Crippen molar-refractivity contribution in [2.24, 2.45) is 0 Å². The molecule has 0 saturated heterocycles. The van der Waals surface area contributed by atoms with E-state index in [9.17, 15) is 9.59 Å². The van der Waals surface area contributed by atoms with E-state index in [1.807, 2.05) is 11.9 Å². The number of nitrogens with one attached hydrogen (secondary N) is 1. The third-order valence-corrected chi connectivity index (χ3v) is 2.37. The van der Waals surface area contributed by atoms with Gasteiger partial charge in [-0.1, -0.05) is 0 Å². The Balaban J connectivity index is 2.01. The molecule has 0 atom stereocenters. The van der Waals surface area contributed by atoms with Crippen molar-refractivity contribution in [3.05, 3.63) is 0 Å². The number of carboxylic acid groups (broad SMARTS) is 1. The first-order chi connectivity index (χ1) is 7.08. The van der Waals surface area contributed by atoms with Crippen molar-refractivity contribution in [2.75, 3.05) is 20.1 Å². The zero-order valence-electron chi connectivity index (χ0n) is 9.03. The summed E-state index contributed by atoms with van der Waals surface area (Å²) < 4.78 is 0. The molecule has 0 unspecified atom stereocenters. The molecule has 0 aliphatic heterocycles. The summed E-state index contributed by atoms with van der Waals surface area (Å²) in [4.78, 5) is 23.4. The van der Waals surface area contributed by atoms with Gasteiger partial charge in [0.1, 0.15) is 0 Å². The molecule has 0 radical (unpaired) electrons. The summed E-state index contributed by atoms with van der Waals surface area (Å²) in [5, 5.41) is 11.4. The van der Waals surface area contributed by atoms with Gasteiger partial charge in [-0.05, 0) is 19.9 Å². The minimum Gasteiger partial charge on any atom is -0.481 e. The number of nitrogens with zero attached hydrogens (tertiary/aromatic N) is 1. The van der Waals surface area contributed by atoms with Gasteiger partial charge in [0.05, 0.1) is 6.42 Å². The number of rotatable bonds is 7. The number of carboxylic acids is 1. The second-order valence-corrected chi connectivity index (χ2v) is 4.04. The molecular formula is C10H18N2O3. The SMILES string of the molecule is CN(CCC(=O)O)CCC(=O)NC1CC1. The van der Waals surface area contributed by atoms with E-state index in [1.54, 1.807) is 0 Å². The summed E-state index contributed by atoms with van der Waals surface area (Å²) in [6.45, 7) is 1.11. The molecule has 86 valence electrons. The molecule has 0 heterocycles. The van der Waals surface area contributed by atoms with Gasteiger partial charge in [0.2, 0.25) is 5.91 Å². The highest BCUT2D eigenvalue weighted by Gasteiger charge is 2.22. The van der Waals surface area contributed by atoms with Crippen LogP contribution in [0.1, 0.15) is 25.7 Å². The van der Waals surface area contributed by atoms with E-state index in [0.717, 1.165) is 12.8 Å². The smallest absolute Gasteiger partial charge is 0.304 e. The maximum Gasteiger partial charge on any atom is 0.304 e. The first-order valence-electron chi connectivity index (χ1n) is 5.27. The molecule has 1 aliphatic rings. The molecule has 0 aromatic rings. The number of carbonyl (C=O) groups is 2. The van der Waals surface area contributed by atoms with Crippen LogP contribution in [0.2, 0.25) is 0 Å². The van der Waals surface area contributed by atoms with Crippen LogP contribution < -0.4 is 5.32 Å². The lowest BCUT2D eigenvalue weighted by molar-refractivity contribution is -0.137. The quantitative estimate of drug-likeness (QED) is 0.629. The molecule has 0 aromatic heterocycles. The normalized spacial score (nSPS) is 15.3. The van der Waals surface area contributed by atoms with Gasteiger partial charge < -0.3 is 15.3 Å². The van der Waals surface area contributed by atoms with Crippen molar-refractivity contribution >= 4 is 11.9 Å². The van der Waals surface area contributed by atoms with Crippen LogP contribution in [0.5, 0.6) is 0 Å². The average Bonchev–Trinajstić information content (AvgIpc) is 2.95. The molecule has 5 nitrogen and oxygen atoms in total. The van der Waals surface area contributed by atoms with Gasteiger partial charge in [-0.15, -0.1) is 0 Å². The predicted molar refractivity (Wildman–Crippen MR) is 55.5 cm³/mol. The zero-order chi connectivity index (χ0) is 11.3. The number of hydrogen-bond acceptors (Lipinski definition) is 3. The fourth-order valence-electron chi connectivity index (χ4n) is 1.22. The lowest BCUT2D eigenvalue weighted by atomic mass is 10.3. The van der Waals surface area contributed by atoms with Crippen LogP contribution in [0.4, 0.5) is 0 Å². The van der Waals surface area contributed by atoms with Crippen LogP contribution in [0.15, 0.2) is 0 Å². The lowest BCUT2D eigenvalue weighted by Gasteiger charge is -2.14. The number of hydrogen-bond donors (Lipinski definition) is 2. The largest absolute Gasteiger partial charge is 0.481 e. The van der Waals surface area contributed by atoms with E-state index in [0.29, 0.717) is 25.6 Å². The van der Waals surface area contributed by atoms with Crippen molar-refractivity contribution in [1.29, 1.82) is 0 Å². The van der Waals surface area contributed by atoms with Gasteiger partial charge >= 0.3 is 5.97 Å². The third-order valence-electron chi connectivity index (χ3n) is 2.37. The fourth-order valence-corrected chi connectivity index (χ4v) is 1.22. The van der Waals surface area contributed by atoms with Crippen molar-refractivity contribution in [3.63, 3.8) is 0 Å². The van der Waals surface area contributed by atoms with Gasteiger partial charge in [0.15, 0.2) is 0 Å². The average molecular weight is 214 g/mol. The maximum atomic E-state index is 11.3. The second kappa shape index (κ2) is 5.70. The van der Waals surface area contributed by atoms with E-state index in [2.05, 4.69) is 5.32 Å². The molecule has 1 aliphatic carbocycles. The summed E-state index contributed by atoms with van der Waals surface area (Å²) in [6, 6.07) is 0.404. The van der Waals surface area contributed by atoms with E-state index < -0.39 is 5.97 Å². The lowest BCUT2D eigenvalue weighted by Crippen LogP contribution is -2.31. The van der Waals surface area contributed by atoms with Crippen LogP contribution in [0, 0.1) is 0 Å². The standard InChI is InChI=1S/C10H18N2O3/c1-12(7-5-10(14)15)6-4-9(13)11-8-2-3-8/h8H,2-7H2,1H3,(H,11,13)(H,14,15). The number of amides is 1. The molecular weight excluding hydrogens is 196 g/mol. The summed E-state index contributed by atoms with van der Waals surface area (Å²) >= 11 is 0. The van der Waals surface area contributed by atoms with Crippen LogP contribution >= 0.6 is 0 Å². The van der Waals surface area contributed by atoms with Gasteiger partial charge in [-0.3, -0.25) is 9.59 Å². The van der Waals surface area contributed by atoms with Gasteiger partial charge in [0, 0.05) is 25.6 Å². The Morgan fingerprint density at radius 2 is 1.93 bits per heavy atom. The van der Waals surface area contributed by atoms with E-state index in [4.69, 9.17) is 5.11 Å². The van der Waals surface area contributed by atoms with Gasteiger partial charge in [0.25, 0.3) is 0 Å². The third kappa shape index (κ3) is 6.06. The molecule has 0 spiro atoms. The zero-order valence-corrected chi connectivity index (χ0v) is 9.03. The van der Waals surface area contributed by atoms with Gasteiger partial charge in [-0.25, -0.2) is 0 Å². The van der Waals surface area contributed by atoms with Crippen LogP contribution in [0.25, 0.3) is 0 Å². The monoisotopic (exact) mass is 214 g/mol. The Kier molecular flexibility index (Phi) is 4.55. The minimum atomic E-state index is -0.802. The molecule has 1 amide bonds. The topological polar surface area (TPSA) is 69.6 Å². The van der Waals surface area contributed by atoms with Gasteiger partial charge in [-0.2, -0.15) is 0 Å². The van der Waals surface area contributed by atoms with Crippen molar-refractivity contribution < 1.29 is 14.7 Å². The van der Waals surface area contributed by atoms with E-state index in [1.165, 1.54) is 0 Å².